The van der Waals surface area contributed by atoms with Gasteiger partial charge >= 0.3 is 6.09 Å². The second-order valence-corrected chi connectivity index (χ2v) is 4.81. The second kappa shape index (κ2) is 7.32. The first-order valence-corrected chi connectivity index (χ1v) is 6.95. The molecule has 1 amide bonds. The molecule has 0 saturated carbocycles. The standard InChI is InChI=1S/C13H16INO4/c1-4-15(5-2)13(17)19-12-9(8-16)11(18-3)7-6-10(12)14/h6-8H,4-5H2,1-3H3. The van der Waals surface area contributed by atoms with Gasteiger partial charge in [0.05, 0.1) is 10.7 Å². The van der Waals surface area contributed by atoms with E-state index in [0.717, 1.165) is 0 Å². The molecule has 0 aliphatic rings. The van der Waals surface area contributed by atoms with Crippen LogP contribution in [0.15, 0.2) is 12.1 Å². The minimum Gasteiger partial charge on any atom is -0.496 e. The fraction of sp³-hybridized carbons (Fsp3) is 0.385. The number of nitrogens with zero attached hydrogens (tertiary/aromatic N) is 1. The molecule has 0 N–H and O–H groups in total. The summed E-state index contributed by atoms with van der Waals surface area (Å²) in [5, 5.41) is 0. The number of aldehydes is 1. The molecule has 0 radical (unpaired) electrons. The molecule has 6 heteroatoms. The minimum absolute atomic E-state index is 0.242. The SMILES string of the molecule is CCN(CC)C(=O)Oc1c(I)ccc(OC)c1C=O. The van der Waals surface area contributed by atoms with Gasteiger partial charge in [0.15, 0.2) is 12.0 Å². The van der Waals surface area contributed by atoms with Crippen molar-refractivity contribution < 1.29 is 19.1 Å². The van der Waals surface area contributed by atoms with Crippen LogP contribution in [0.3, 0.4) is 0 Å². The lowest BCUT2D eigenvalue weighted by Gasteiger charge is -2.19. The Balaban J connectivity index is 3.12. The van der Waals surface area contributed by atoms with Crippen LogP contribution in [0.1, 0.15) is 24.2 Å². The Hall–Kier alpha value is -1.31. The van der Waals surface area contributed by atoms with Gasteiger partial charge in [0, 0.05) is 13.1 Å². The summed E-state index contributed by atoms with van der Waals surface area (Å²) in [6, 6.07) is 3.40. The number of methoxy groups -OCH3 is 1. The van der Waals surface area contributed by atoms with Crippen molar-refractivity contribution in [1.29, 1.82) is 0 Å². The summed E-state index contributed by atoms with van der Waals surface area (Å²) in [6.45, 7) is 4.82. The fourth-order valence-electron chi connectivity index (χ4n) is 1.58. The summed E-state index contributed by atoms with van der Waals surface area (Å²) in [6.07, 6.45) is 0.158. The summed E-state index contributed by atoms with van der Waals surface area (Å²) in [4.78, 5) is 24.6. The number of hydrogen-bond donors (Lipinski definition) is 0. The molecule has 0 unspecified atom stereocenters. The largest absolute Gasteiger partial charge is 0.496 e. The van der Waals surface area contributed by atoms with Crippen molar-refractivity contribution in [2.24, 2.45) is 0 Å². The number of benzene rings is 1. The maximum Gasteiger partial charge on any atom is 0.415 e. The molecule has 0 aliphatic carbocycles. The maximum atomic E-state index is 11.9. The van der Waals surface area contributed by atoms with E-state index in [1.165, 1.54) is 12.0 Å². The first kappa shape index (κ1) is 15.7. The molecular weight excluding hydrogens is 361 g/mol. The molecule has 104 valence electrons. The van der Waals surface area contributed by atoms with E-state index in [-0.39, 0.29) is 11.3 Å². The second-order valence-electron chi connectivity index (χ2n) is 3.65. The predicted octanol–water partition coefficient (Wildman–Crippen LogP) is 2.95. The molecule has 5 nitrogen and oxygen atoms in total. The lowest BCUT2D eigenvalue weighted by Crippen LogP contribution is -2.33. The van der Waals surface area contributed by atoms with E-state index in [0.29, 0.717) is 28.7 Å². The van der Waals surface area contributed by atoms with Crippen LogP contribution in [-0.2, 0) is 0 Å². The fourth-order valence-corrected chi connectivity index (χ4v) is 2.16. The Morgan fingerprint density at radius 3 is 2.47 bits per heavy atom. The van der Waals surface area contributed by atoms with Gasteiger partial charge in [0.1, 0.15) is 11.3 Å². The highest BCUT2D eigenvalue weighted by atomic mass is 127. The van der Waals surface area contributed by atoms with Gasteiger partial charge in [0.2, 0.25) is 0 Å². The minimum atomic E-state index is -0.473. The van der Waals surface area contributed by atoms with E-state index >= 15 is 0 Å². The summed E-state index contributed by atoms with van der Waals surface area (Å²) in [7, 11) is 1.46. The van der Waals surface area contributed by atoms with E-state index in [1.807, 2.05) is 36.4 Å². The summed E-state index contributed by atoms with van der Waals surface area (Å²) >= 11 is 2.01. The van der Waals surface area contributed by atoms with Crippen LogP contribution in [0.5, 0.6) is 11.5 Å². The smallest absolute Gasteiger partial charge is 0.415 e. The Morgan fingerprint density at radius 1 is 1.37 bits per heavy atom. The molecule has 19 heavy (non-hydrogen) atoms. The van der Waals surface area contributed by atoms with E-state index in [4.69, 9.17) is 9.47 Å². The third kappa shape index (κ3) is 3.59. The molecule has 1 aromatic rings. The quantitative estimate of drug-likeness (QED) is 0.585. The number of ether oxygens (including phenoxy) is 2. The first-order valence-electron chi connectivity index (χ1n) is 5.87. The Kier molecular flexibility index (Phi) is 6.07. The van der Waals surface area contributed by atoms with Crippen LogP contribution in [0.2, 0.25) is 0 Å². The van der Waals surface area contributed by atoms with Crippen LogP contribution < -0.4 is 9.47 Å². The van der Waals surface area contributed by atoms with Crippen LogP contribution in [0, 0.1) is 3.57 Å². The van der Waals surface area contributed by atoms with Gasteiger partial charge in [-0.2, -0.15) is 0 Å². The van der Waals surface area contributed by atoms with E-state index in [1.54, 1.807) is 12.1 Å². The van der Waals surface area contributed by atoms with Crippen molar-refractivity contribution in [3.8, 4) is 11.5 Å². The Bertz CT molecular complexity index is 472. The average molecular weight is 377 g/mol. The van der Waals surface area contributed by atoms with Gasteiger partial charge in [-0.25, -0.2) is 4.79 Å². The number of carbonyl (C=O) groups is 2. The Morgan fingerprint density at radius 2 is 2.00 bits per heavy atom. The van der Waals surface area contributed by atoms with Crippen molar-refractivity contribution >= 4 is 35.0 Å². The van der Waals surface area contributed by atoms with Crippen LogP contribution in [0.4, 0.5) is 4.79 Å². The zero-order chi connectivity index (χ0) is 14.4. The lowest BCUT2D eigenvalue weighted by atomic mass is 10.2. The van der Waals surface area contributed by atoms with Crippen molar-refractivity contribution in [1.82, 2.24) is 4.90 Å². The molecular formula is C13H16INO4. The van der Waals surface area contributed by atoms with Crippen LogP contribution in [-0.4, -0.2) is 37.5 Å². The van der Waals surface area contributed by atoms with E-state index < -0.39 is 6.09 Å². The van der Waals surface area contributed by atoms with Crippen molar-refractivity contribution in [3.05, 3.63) is 21.3 Å². The number of hydrogen-bond acceptors (Lipinski definition) is 4. The summed E-state index contributed by atoms with van der Waals surface area (Å²) in [5.74, 6) is 0.629. The molecule has 1 aromatic carbocycles. The van der Waals surface area contributed by atoms with Crippen molar-refractivity contribution in [3.63, 3.8) is 0 Å². The van der Waals surface area contributed by atoms with E-state index in [9.17, 15) is 9.59 Å². The predicted molar refractivity (Wildman–Crippen MR) is 80.0 cm³/mol. The summed E-state index contributed by atoms with van der Waals surface area (Å²) < 4.78 is 11.1. The van der Waals surface area contributed by atoms with Gasteiger partial charge in [0.25, 0.3) is 0 Å². The molecule has 0 saturated heterocycles. The topological polar surface area (TPSA) is 55.8 Å². The van der Waals surface area contributed by atoms with Crippen LogP contribution in [0.25, 0.3) is 0 Å². The normalized spacial score (nSPS) is 9.89. The molecule has 0 bridgehead atoms. The molecule has 0 heterocycles. The highest BCUT2D eigenvalue weighted by Gasteiger charge is 2.19. The molecule has 0 spiro atoms. The molecule has 1 rings (SSSR count). The lowest BCUT2D eigenvalue weighted by molar-refractivity contribution is 0.111. The number of rotatable bonds is 5. The van der Waals surface area contributed by atoms with Gasteiger partial charge in [-0.3, -0.25) is 4.79 Å². The van der Waals surface area contributed by atoms with Gasteiger partial charge in [-0.05, 0) is 48.6 Å². The third-order valence-corrected chi connectivity index (χ3v) is 3.51. The average Bonchev–Trinajstić information content (AvgIpc) is 2.42. The van der Waals surface area contributed by atoms with Gasteiger partial charge in [-0.1, -0.05) is 0 Å². The maximum absolute atomic E-state index is 11.9. The zero-order valence-electron chi connectivity index (χ0n) is 11.1. The third-order valence-electron chi connectivity index (χ3n) is 2.66. The molecule has 0 fully saturated rings. The number of carbonyl (C=O) groups excluding carboxylic acids is 2. The van der Waals surface area contributed by atoms with Gasteiger partial charge < -0.3 is 14.4 Å². The molecule has 0 aromatic heterocycles. The molecule has 0 aliphatic heterocycles. The number of halogens is 1. The van der Waals surface area contributed by atoms with Gasteiger partial charge in [-0.15, -0.1) is 0 Å². The monoisotopic (exact) mass is 377 g/mol. The Labute approximate surface area is 126 Å². The highest BCUT2D eigenvalue weighted by molar-refractivity contribution is 14.1. The van der Waals surface area contributed by atoms with E-state index in [2.05, 4.69) is 0 Å². The van der Waals surface area contributed by atoms with Crippen LogP contribution >= 0.6 is 22.6 Å². The van der Waals surface area contributed by atoms with Crippen molar-refractivity contribution in [2.75, 3.05) is 20.2 Å². The highest BCUT2D eigenvalue weighted by Crippen LogP contribution is 2.32. The summed E-state index contributed by atoms with van der Waals surface area (Å²) in [5.41, 5.74) is 0.245. The zero-order valence-corrected chi connectivity index (χ0v) is 13.3. The first-order chi connectivity index (χ1) is 9.08. The number of amides is 1. The molecule has 0 atom stereocenters. The van der Waals surface area contributed by atoms with Crippen molar-refractivity contribution in [2.45, 2.75) is 13.8 Å².